The monoisotopic (exact) mass is 685 g/mol. The van der Waals surface area contributed by atoms with Gasteiger partial charge in [-0.25, -0.2) is 8.42 Å². The Bertz CT molecular complexity index is 1710. The molecule has 0 saturated carbocycles. The third-order valence-corrected chi connectivity index (χ3v) is 9.25. The number of rotatable bonds is 11. The zero-order chi connectivity index (χ0) is 34.6. The number of carbonyl (C=O) groups excluding carboxylic acids is 1. The maximum Gasteiger partial charge on any atom is 0.522 e. The molecule has 2 N–H and O–H groups in total. The van der Waals surface area contributed by atoms with Gasteiger partial charge in [-0.1, -0.05) is 19.1 Å². The number of nitriles is 1. The van der Waals surface area contributed by atoms with Crippen LogP contribution >= 0.6 is 0 Å². The fourth-order valence-corrected chi connectivity index (χ4v) is 5.97. The Morgan fingerprint density at radius 3 is 2.28 bits per heavy atom. The molecule has 1 fully saturated rings. The Morgan fingerprint density at radius 2 is 1.72 bits per heavy atom. The molecule has 0 aliphatic carbocycles. The number of nitrogens with zero attached hydrogens (tertiary/aromatic N) is 2. The van der Waals surface area contributed by atoms with Crippen molar-refractivity contribution < 1.29 is 54.1 Å². The number of amides is 1. The summed E-state index contributed by atoms with van der Waals surface area (Å²) in [6.07, 6.45) is -10.3. The van der Waals surface area contributed by atoms with Gasteiger partial charge < -0.3 is 20.1 Å². The van der Waals surface area contributed by atoms with Gasteiger partial charge in [-0.3, -0.25) is 9.53 Å². The third kappa shape index (κ3) is 8.93. The van der Waals surface area contributed by atoms with Crippen LogP contribution in [0, 0.1) is 11.3 Å². The number of nitrogens with one attached hydrogen (secondary N) is 1. The van der Waals surface area contributed by atoms with Crippen LogP contribution in [0.1, 0.15) is 46.4 Å². The second-order valence-corrected chi connectivity index (χ2v) is 12.9. The summed E-state index contributed by atoms with van der Waals surface area (Å²) in [4.78, 5) is 14.6. The topological polar surface area (TPSA) is 129 Å². The first-order valence-corrected chi connectivity index (χ1v) is 15.8. The molecule has 1 amide bonds. The molecule has 3 aromatic carbocycles. The van der Waals surface area contributed by atoms with Crippen LogP contribution in [0.5, 0.6) is 5.75 Å². The molecule has 4 rings (SSSR count). The molecule has 0 spiro atoms. The Hall–Kier alpha value is -4.33. The number of aliphatic hydroxyl groups excluding tert-OH is 1. The lowest BCUT2D eigenvalue weighted by Gasteiger charge is -2.27. The zero-order valence-electron chi connectivity index (χ0n) is 24.7. The molecule has 3 aromatic rings. The van der Waals surface area contributed by atoms with E-state index in [1.54, 1.807) is 0 Å². The van der Waals surface area contributed by atoms with Crippen LogP contribution in [0.25, 0.3) is 0 Å². The summed E-state index contributed by atoms with van der Waals surface area (Å²) in [5, 5.41) is 22.4. The van der Waals surface area contributed by atoms with Gasteiger partial charge in [0, 0.05) is 12.0 Å². The molecule has 0 radical (unpaired) electrons. The molecule has 0 bridgehead atoms. The summed E-state index contributed by atoms with van der Waals surface area (Å²) >= 11 is 0. The van der Waals surface area contributed by atoms with Crippen molar-refractivity contribution in [1.82, 2.24) is 5.32 Å². The minimum absolute atomic E-state index is 0.00577. The normalized spacial score (nSPS) is 17.6. The number of benzene rings is 3. The van der Waals surface area contributed by atoms with E-state index in [1.165, 1.54) is 54.3 Å². The molecule has 16 heteroatoms. The fourth-order valence-electron chi connectivity index (χ4n) is 5.09. The summed E-state index contributed by atoms with van der Waals surface area (Å²) in [6, 6.07) is 13.4. The highest BCUT2D eigenvalue weighted by molar-refractivity contribution is 7.91. The molecule has 1 unspecified atom stereocenters. The zero-order valence-corrected chi connectivity index (χ0v) is 25.5. The number of aliphatic hydroxyl groups is 1. The minimum Gasteiger partial charge on any atom is -0.489 e. The number of ether oxygens (including phenoxy) is 2. The second kappa shape index (κ2) is 14.2. The van der Waals surface area contributed by atoms with Gasteiger partial charge in [0.1, 0.15) is 17.9 Å². The average molecular weight is 686 g/mol. The number of anilines is 1. The largest absolute Gasteiger partial charge is 0.522 e. The maximum atomic E-state index is 13.1. The summed E-state index contributed by atoms with van der Waals surface area (Å²) < 4.78 is 112. The predicted molar refractivity (Wildman–Crippen MR) is 156 cm³/mol. The predicted octanol–water partition coefficient (Wildman–Crippen LogP) is 5.40. The van der Waals surface area contributed by atoms with Crippen LogP contribution in [0.2, 0.25) is 0 Å². The van der Waals surface area contributed by atoms with Gasteiger partial charge in [0.05, 0.1) is 59.3 Å². The van der Waals surface area contributed by atoms with Crippen molar-refractivity contribution >= 4 is 21.4 Å². The van der Waals surface area contributed by atoms with Gasteiger partial charge >= 0.3 is 12.5 Å². The summed E-state index contributed by atoms with van der Waals surface area (Å²) in [5.74, 6) is -0.739. The number of sulfone groups is 1. The molecule has 0 aromatic heterocycles. The second-order valence-electron chi connectivity index (χ2n) is 10.6. The fraction of sp³-hybridized carbons (Fsp3) is 0.355. The van der Waals surface area contributed by atoms with E-state index in [0.717, 1.165) is 24.3 Å². The van der Waals surface area contributed by atoms with E-state index in [9.17, 15) is 49.9 Å². The third-order valence-electron chi connectivity index (χ3n) is 7.50. The molecule has 1 heterocycles. The average Bonchev–Trinajstić information content (AvgIpc) is 3.43. The molecular formula is C31H29F6N3O6S. The van der Waals surface area contributed by atoms with E-state index < -0.39 is 65.2 Å². The minimum atomic E-state index is -4.95. The summed E-state index contributed by atoms with van der Waals surface area (Å²) in [7, 11) is -3.47. The van der Waals surface area contributed by atoms with E-state index in [-0.39, 0.29) is 46.2 Å². The first-order chi connectivity index (χ1) is 22.0. The van der Waals surface area contributed by atoms with Gasteiger partial charge in [0.2, 0.25) is 0 Å². The number of alkyl halides is 6. The van der Waals surface area contributed by atoms with E-state index in [4.69, 9.17) is 4.74 Å². The number of carbonyl (C=O) groups is 1. The summed E-state index contributed by atoms with van der Waals surface area (Å²) in [5.41, 5.74) is -0.391. The maximum absolute atomic E-state index is 13.1. The van der Waals surface area contributed by atoms with E-state index >= 15 is 0 Å². The molecule has 9 nitrogen and oxygen atoms in total. The Balaban J connectivity index is 1.53. The number of hydrogen-bond donors (Lipinski definition) is 2. The van der Waals surface area contributed by atoms with Crippen molar-refractivity contribution in [3.8, 4) is 11.8 Å². The molecule has 1 saturated heterocycles. The van der Waals surface area contributed by atoms with Crippen molar-refractivity contribution in [1.29, 1.82) is 5.26 Å². The van der Waals surface area contributed by atoms with Crippen LogP contribution in [0.3, 0.4) is 0 Å². The lowest BCUT2D eigenvalue weighted by Crippen LogP contribution is -2.36. The molecule has 1 aliphatic heterocycles. The van der Waals surface area contributed by atoms with Gasteiger partial charge in [0.15, 0.2) is 9.84 Å². The van der Waals surface area contributed by atoms with Crippen molar-refractivity contribution in [3.05, 3.63) is 89.0 Å². The molecular weight excluding hydrogens is 656 g/mol. The Labute approximate surface area is 266 Å². The lowest BCUT2D eigenvalue weighted by molar-refractivity contribution is -0.325. The molecule has 3 atom stereocenters. The number of halogens is 6. The van der Waals surface area contributed by atoms with Crippen molar-refractivity contribution in [2.75, 3.05) is 30.4 Å². The highest BCUT2D eigenvalue weighted by Gasteiger charge is 2.39. The van der Waals surface area contributed by atoms with Crippen molar-refractivity contribution in [2.45, 2.75) is 49.0 Å². The van der Waals surface area contributed by atoms with E-state index in [0.29, 0.717) is 5.56 Å². The van der Waals surface area contributed by atoms with Gasteiger partial charge in [-0.15, -0.1) is 13.2 Å². The first kappa shape index (κ1) is 35.5. The molecule has 47 heavy (non-hydrogen) atoms. The molecule has 252 valence electrons. The highest BCUT2D eigenvalue weighted by atomic mass is 32.2. The van der Waals surface area contributed by atoms with Crippen LogP contribution in [0.4, 0.5) is 32.0 Å². The Kier molecular flexibility index (Phi) is 10.7. The van der Waals surface area contributed by atoms with Crippen molar-refractivity contribution in [3.63, 3.8) is 0 Å². The van der Waals surface area contributed by atoms with Crippen molar-refractivity contribution in [2.24, 2.45) is 0 Å². The van der Waals surface area contributed by atoms with Gasteiger partial charge in [0.25, 0.3) is 5.91 Å². The van der Waals surface area contributed by atoms with E-state index in [2.05, 4.69) is 10.1 Å². The Morgan fingerprint density at radius 1 is 1.06 bits per heavy atom. The lowest BCUT2D eigenvalue weighted by atomic mass is 10.0. The van der Waals surface area contributed by atoms with E-state index in [1.807, 2.05) is 6.07 Å². The van der Waals surface area contributed by atoms with Gasteiger partial charge in [-0.05, 0) is 60.2 Å². The standard InChI is InChI=1S/C31H29F6N3O6S/c1-2-47(43,44)26-10-3-19(4-11-26)27(17-41)39-29(42)20-5-12-28(21(13-20)15-38)40-16-25(14-23(40)18-45-31(35,36)37)46-24-8-6-22(7-9-24)30(32,33)34/h3-13,23,25,27,41H,2,14,16-18H2,1H3,(H,39,42)/t23-,25-,27?/m0/s1. The first-order valence-electron chi connectivity index (χ1n) is 14.1. The molecule has 1 aliphatic rings. The number of hydrogen-bond acceptors (Lipinski definition) is 8. The summed E-state index contributed by atoms with van der Waals surface area (Å²) in [6.45, 7) is 0.0731. The van der Waals surface area contributed by atoms with Crippen LogP contribution < -0.4 is 15.0 Å². The van der Waals surface area contributed by atoms with Crippen LogP contribution in [0.15, 0.2) is 71.6 Å². The van der Waals surface area contributed by atoms with Crippen LogP contribution in [-0.2, 0) is 20.8 Å². The quantitative estimate of drug-likeness (QED) is 0.257. The SMILES string of the molecule is CCS(=O)(=O)c1ccc(C(CO)NC(=O)c2ccc(N3C[C@@H](Oc4ccc(C(F)(F)F)cc4)C[C@H]3COC(F)(F)F)c(C#N)c2)cc1. The van der Waals surface area contributed by atoms with Crippen LogP contribution in [-0.4, -0.2) is 63.5 Å². The smallest absolute Gasteiger partial charge is 0.489 e. The van der Waals surface area contributed by atoms with Gasteiger partial charge in [-0.2, -0.15) is 18.4 Å². The highest BCUT2D eigenvalue weighted by Crippen LogP contribution is 2.34.